The van der Waals surface area contributed by atoms with Gasteiger partial charge in [-0.3, -0.25) is 0 Å². The smallest absolute Gasteiger partial charge is 0.0900 e. The average molecular weight is 325 g/mol. The fourth-order valence-corrected chi connectivity index (χ4v) is 2.57. The third-order valence-electron chi connectivity index (χ3n) is 4.09. The van der Waals surface area contributed by atoms with E-state index in [1.165, 1.54) is 64.2 Å². The van der Waals surface area contributed by atoms with Gasteiger partial charge in [-0.25, -0.2) is 0 Å². The Balaban J connectivity index is 3.41. The van der Waals surface area contributed by atoms with E-state index >= 15 is 0 Å². The maximum absolute atomic E-state index is 9.71. The highest BCUT2D eigenvalue weighted by Crippen LogP contribution is 2.12. The molecule has 134 valence electrons. The molecule has 0 saturated carbocycles. The maximum Gasteiger partial charge on any atom is 0.0900 e. The van der Waals surface area contributed by atoms with Gasteiger partial charge in [-0.2, -0.15) is 0 Å². The average Bonchev–Trinajstić information content (AvgIpc) is 2.56. The summed E-state index contributed by atoms with van der Waals surface area (Å²) in [6.07, 6.45) is 18.1. The fourth-order valence-electron chi connectivity index (χ4n) is 2.57. The fraction of sp³-hybridized carbons (Fsp3) is 0.889. The van der Waals surface area contributed by atoms with Gasteiger partial charge in [-0.1, -0.05) is 88.4 Å². The van der Waals surface area contributed by atoms with Crippen molar-refractivity contribution in [1.82, 2.24) is 0 Å². The molecule has 0 aliphatic heterocycles. The quantitative estimate of drug-likeness (QED) is 0.133. The van der Waals surface area contributed by atoms with E-state index in [1.807, 2.05) is 6.08 Å². The summed E-state index contributed by atoms with van der Waals surface area (Å²) in [4.78, 5) is 2.61. The van der Waals surface area contributed by atoms with Gasteiger partial charge in [-0.05, 0) is 18.4 Å². The predicted octanol–water partition coefficient (Wildman–Crippen LogP) is 5.28. The number of azide groups is 1. The third kappa shape index (κ3) is 14.3. The van der Waals surface area contributed by atoms with Crippen molar-refractivity contribution in [2.24, 2.45) is 5.11 Å². The lowest BCUT2D eigenvalue weighted by Crippen LogP contribution is -2.25. The standard InChI is InChI=1S/C18H35N3O2/c1-2-3-4-5-6-7-8-9-10-11-12-13-14-15-18(23)17(16-22)20-21-19/h14-15,17-18,22-23H,2-13,16H2,1H3/t17-,18+/m0/s1. The van der Waals surface area contributed by atoms with Crippen LogP contribution < -0.4 is 0 Å². The summed E-state index contributed by atoms with van der Waals surface area (Å²) in [5.74, 6) is 0. The first-order chi connectivity index (χ1) is 11.3. The van der Waals surface area contributed by atoms with Gasteiger partial charge in [0.05, 0.1) is 18.8 Å². The van der Waals surface area contributed by atoms with Crippen LogP contribution in [0.25, 0.3) is 10.4 Å². The lowest BCUT2D eigenvalue weighted by molar-refractivity contribution is 0.144. The summed E-state index contributed by atoms with van der Waals surface area (Å²) in [7, 11) is 0. The van der Waals surface area contributed by atoms with Crippen LogP contribution in [0.5, 0.6) is 0 Å². The molecule has 5 nitrogen and oxygen atoms in total. The van der Waals surface area contributed by atoms with Crippen LogP contribution in [0.2, 0.25) is 0 Å². The molecule has 0 rings (SSSR count). The lowest BCUT2D eigenvalue weighted by Gasteiger charge is -2.11. The Labute approximate surface area is 141 Å². The van der Waals surface area contributed by atoms with E-state index in [1.54, 1.807) is 6.08 Å². The second-order valence-corrected chi connectivity index (χ2v) is 6.20. The number of rotatable bonds is 16. The van der Waals surface area contributed by atoms with Crippen molar-refractivity contribution in [2.45, 2.75) is 96.1 Å². The van der Waals surface area contributed by atoms with E-state index in [9.17, 15) is 5.11 Å². The molecule has 0 aromatic heterocycles. The molecule has 5 heteroatoms. The summed E-state index contributed by atoms with van der Waals surface area (Å²) in [6, 6.07) is -0.784. The van der Waals surface area contributed by atoms with Crippen LogP contribution in [0.1, 0.15) is 84.0 Å². The Morgan fingerprint density at radius 3 is 1.96 bits per heavy atom. The number of aliphatic hydroxyl groups is 2. The molecule has 0 amide bonds. The first-order valence-corrected chi connectivity index (χ1v) is 9.26. The van der Waals surface area contributed by atoms with Crippen molar-refractivity contribution in [1.29, 1.82) is 0 Å². The second-order valence-electron chi connectivity index (χ2n) is 6.20. The van der Waals surface area contributed by atoms with Gasteiger partial charge in [0.25, 0.3) is 0 Å². The van der Waals surface area contributed by atoms with Crippen molar-refractivity contribution in [3.63, 3.8) is 0 Å². The highest BCUT2D eigenvalue weighted by atomic mass is 16.3. The van der Waals surface area contributed by atoms with Crippen molar-refractivity contribution in [3.05, 3.63) is 22.6 Å². The number of nitrogens with zero attached hydrogens (tertiary/aromatic N) is 3. The molecule has 0 aromatic rings. The van der Waals surface area contributed by atoms with Gasteiger partial charge in [0.2, 0.25) is 0 Å². The van der Waals surface area contributed by atoms with Gasteiger partial charge < -0.3 is 10.2 Å². The molecular weight excluding hydrogens is 290 g/mol. The highest BCUT2D eigenvalue weighted by Gasteiger charge is 2.12. The molecule has 0 aliphatic rings. The van der Waals surface area contributed by atoms with Gasteiger partial charge in [0.15, 0.2) is 0 Å². The van der Waals surface area contributed by atoms with E-state index in [2.05, 4.69) is 16.9 Å². The molecule has 0 unspecified atom stereocenters. The first-order valence-electron chi connectivity index (χ1n) is 9.26. The summed E-state index contributed by atoms with van der Waals surface area (Å²) in [6.45, 7) is 1.91. The van der Waals surface area contributed by atoms with E-state index < -0.39 is 12.1 Å². The highest BCUT2D eigenvalue weighted by molar-refractivity contribution is 4.95. The minimum Gasteiger partial charge on any atom is -0.396 e. The second kappa shape index (κ2) is 17.3. The largest absolute Gasteiger partial charge is 0.396 e. The Bertz CT molecular complexity index is 328. The number of hydrogen-bond acceptors (Lipinski definition) is 3. The van der Waals surface area contributed by atoms with Crippen molar-refractivity contribution >= 4 is 0 Å². The van der Waals surface area contributed by atoms with E-state index in [0.717, 1.165) is 12.8 Å². The molecule has 0 aromatic carbocycles. The number of aliphatic hydroxyl groups excluding tert-OH is 2. The number of unbranched alkanes of at least 4 members (excludes halogenated alkanes) is 11. The molecular formula is C18H35N3O2. The van der Waals surface area contributed by atoms with E-state index in [0.29, 0.717) is 0 Å². The minimum absolute atomic E-state index is 0.339. The summed E-state index contributed by atoms with van der Waals surface area (Å²) in [5, 5.41) is 22.0. The number of allylic oxidation sites excluding steroid dienone is 1. The van der Waals surface area contributed by atoms with Crippen molar-refractivity contribution < 1.29 is 10.2 Å². The minimum atomic E-state index is -0.899. The molecule has 0 saturated heterocycles. The lowest BCUT2D eigenvalue weighted by atomic mass is 10.0. The van der Waals surface area contributed by atoms with Gasteiger partial charge >= 0.3 is 0 Å². The zero-order chi connectivity index (χ0) is 17.2. The molecule has 23 heavy (non-hydrogen) atoms. The van der Waals surface area contributed by atoms with Crippen LogP contribution >= 0.6 is 0 Å². The molecule has 2 N–H and O–H groups in total. The molecule has 0 radical (unpaired) electrons. The van der Waals surface area contributed by atoms with E-state index in [4.69, 9.17) is 10.6 Å². The van der Waals surface area contributed by atoms with Crippen molar-refractivity contribution in [3.8, 4) is 0 Å². The Morgan fingerprint density at radius 2 is 1.48 bits per heavy atom. The van der Waals surface area contributed by atoms with Crippen LogP contribution in [0, 0.1) is 0 Å². The third-order valence-corrected chi connectivity index (χ3v) is 4.09. The summed E-state index contributed by atoms with van der Waals surface area (Å²) < 4.78 is 0. The molecule has 0 spiro atoms. The molecule has 0 fully saturated rings. The normalized spacial score (nSPS) is 13.9. The summed E-state index contributed by atoms with van der Waals surface area (Å²) in [5.41, 5.74) is 8.31. The first kappa shape index (κ1) is 22.0. The molecule has 2 atom stereocenters. The Kier molecular flexibility index (Phi) is 16.5. The Morgan fingerprint density at radius 1 is 0.957 bits per heavy atom. The van der Waals surface area contributed by atoms with Gasteiger partial charge in [0.1, 0.15) is 0 Å². The van der Waals surface area contributed by atoms with Gasteiger partial charge in [0, 0.05) is 4.91 Å². The molecule has 0 aliphatic carbocycles. The maximum atomic E-state index is 9.71. The molecule has 0 bridgehead atoms. The van der Waals surface area contributed by atoms with Gasteiger partial charge in [-0.15, -0.1) is 0 Å². The van der Waals surface area contributed by atoms with Crippen LogP contribution in [0.3, 0.4) is 0 Å². The van der Waals surface area contributed by atoms with Crippen LogP contribution in [-0.4, -0.2) is 29.0 Å². The van der Waals surface area contributed by atoms with Crippen molar-refractivity contribution in [2.75, 3.05) is 6.61 Å². The number of hydrogen-bond donors (Lipinski definition) is 2. The zero-order valence-electron chi connectivity index (χ0n) is 14.7. The van der Waals surface area contributed by atoms with Crippen LogP contribution in [-0.2, 0) is 0 Å². The summed E-state index contributed by atoms with van der Waals surface area (Å²) >= 11 is 0. The van der Waals surface area contributed by atoms with Crippen LogP contribution in [0.4, 0.5) is 0 Å². The van der Waals surface area contributed by atoms with E-state index in [-0.39, 0.29) is 6.61 Å². The topological polar surface area (TPSA) is 89.2 Å². The molecule has 0 heterocycles. The van der Waals surface area contributed by atoms with Crippen LogP contribution in [0.15, 0.2) is 17.3 Å². The SMILES string of the molecule is CCCCCCCCCCCCCC=C[C@@H](O)[C@H](CO)N=[N+]=[N-]. The Hall–Kier alpha value is -1.03. The predicted molar refractivity (Wildman–Crippen MR) is 96.2 cm³/mol. The monoisotopic (exact) mass is 325 g/mol. The zero-order valence-corrected chi connectivity index (χ0v) is 14.7.